The number of aromatic nitrogens is 2. The van der Waals surface area contributed by atoms with Gasteiger partial charge in [-0.1, -0.05) is 0 Å². The molecule has 0 spiro atoms. The lowest BCUT2D eigenvalue weighted by molar-refractivity contribution is 0.457. The molecule has 0 saturated carbocycles. The highest BCUT2D eigenvalue weighted by molar-refractivity contribution is 5.46. The Bertz CT molecular complexity index is 265. The second-order valence-corrected chi connectivity index (χ2v) is 2.55. The Morgan fingerprint density at radius 2 is 2.46 bits per heavy atom. The van der Waals surface area contributed by atoms with Crippen molar-refractivity contribution in [2.75, 3.05) is 12.3 Å². The molecule has 71 valence electrons. The Hall–Kier alpha value is -1.72. The zero-order chi connectivity index (χ0) is 9.68. The van der Waals surface area contributed by atoms with Gasteiger partial charge in [0.2, 0.25) is 0 Å². The number of nitrogens with two attached hydrogens (primary N) is 1. The molecule has 13 heavy (non-hydrogen) atoms. The van der Waals surface area contributed by atoms with E-state index in [4.69, 9.17) is 10.8 Å². The number of aromatic hydroxyl groups is 1. The van der Waals surface area contributed by atoms with Crippen LogP contribution in [0.2, 0.25) is 0 Å². The van der Waals surface area contributed by atoms with Crippen molar-refractivity contribution in [3.8, 4) is 5.88 Å². The van der Waals surface area contributed by atoms with Gasteiger partial charge in [0.25, 0.3) is 5.88 Å². The van der Waals surface area contributed by atoms with Crippen molar-refractivity contribution < 1.29 is 9.90 Å². The predicted octanol–water partition coefficient (Wildman–Crippen LogP) is -0.713. The lowest BCUT2D eigenvalue weighted by Crippen LogP contribution is -2.12. The van der Waals surface area contributed by atoms with Crippen LogP contribution in [0.15, 0.2) is 0 Å². The maximum Gasteiger partial charge on any atom is 0.309 e. The minimum atomic E-state index is -0.176. The largest absolute Gasteiger partial charge is 0.491 e. The third-order valence-electron chi connectivity index (χ3n) is 1.55. The van der Waals surface area contributed by atoms with Gasteiger partial charge in [0.05, 0.1) is 0 Å². The molecule has 0 atom stereocenters. The number of carbonyl (C=O) groups excluding carboxylic acids is 1. The Kier molecular flexibility index (Phi) is 3.13. The fourth-order valence-electron chi connectivity index (χ4n) is 0.941. The van der Waals surface area contributed by atoms with Gasteiger partial charge < -0.3 is 21.1 Å². The number of nitrogens with zero attached hydrogens (tertiary/aromatic N) is 1. The van der Waals surface area contributed by atoms with Gasteiger partial charge in [0, 0.05) is 13.0 Å². The van der Waals surface area contributed by atoms with Gasteiger partial charge >= 0.3 is 6.41 Å². The summed E-state index contributed by atoms with van der Waals surface area (Å²) < 4.78 is 0. The van der Waals surface area contributed by atoms with Crippen molar-refractivity contribution in [3.05, 3.63) is 5.82 Å². The molecule has 1 aromatic heterocycles. The third-order valence-corrected chi connectivity index (χ3v) is 1.55. The van der Waals surface area contributed by atoms with E-state index >= 15 is 0 Å². The number of rotatable bonds is 5. The summed E-state index contributed by atoms with van der Waals surface area (Å²) in [5, 5.41) is 11.4. The van der Waals surface area contributed by atoms with E-state index in [-0.39, 0.29) is 11.7 Å². The van der Waals surface area contributed by atoms with Crippen molar-refractivity contribution in [3.63, 3.8) is 0 Å². The highest BCUT2D eigenvalue weighted by Crippen LogP contribution is 2.15. The first-order valence-electron chi connectivity index (χ1n) is 3.87. The van der Waals surface area contributed by atoms with Crippen LogP contribution < -0.4 is 11.1 Å². The normalized spacial score (nSPS) is 9.85. The molecule has 1 rings (SSSR count). The Morgan fingerprint density at radius 3 is 3.00 bits per heavy atom. The number of nitrogens with one attached hydrogen (secondary N) is 2. The number of hydrogen-bond donors (Lipinski definition) is 4. The van der Waals surface area contributed by atoms with Crippen molar-refractivity contribution >= 4 is 12.2 Å². The fourth-order valence-corrected chi connectivity index (χ4v) is 0.941. The van der Waals surface area contributed by atoms with Crippen LogP contribution in [0, 0.1) is 0 Å². The van der Waals surface area contributed by atoms with E-state index in [1.165, 1.54) is 0 Å². The summed E-state index contributed by atoms with van der Waals surface area (Å²) in [5.41, 5.74) is 5.33. The SMILES string of the molecule is Nc1[nH]c(CCCN[C]=O)nc1O. The van der Waals surface area contributed by atoms with Crippen molar-refractivity contribution in [2.24, 2.45) is 0 Å². The molecule has 0 unspecified atom stereocenters. The number of aromatic amines is 1. The standard InChI is InChI=1S/C7H11N4O2/c8-6-7(13)11-5(10-6)2-1-3-9-4-12/h13H,1-3,8H2,(H,9,12)(H,10,11). The molecule has 6 nitrogen and oxygen atoms in total. The second kappa shape index (κ2) is 4.34. The number of nitrogen functional groups attached to an aromatic ring is 1. The van der Waals surface area contributed by atoms with Crippen LogP contribution in [-0.4, -0.2) is 28.0 Å². The van der Waals surface area contributed by atoms with Crippen molar-refractivity contribution in [2.45, 2.75) is 12.8 Å². The first-order valence-corrected chi connectivity index (χ1v) is 3.87. The molecular weight excluding hydrogens is 172 g/mol. The van der Waals surface area contributed by atoms with E-state index in [9.17, 15) is 4.79 Å². The lowest BCUT2D eigenvalue weighted by Gasteiger charge is -1.94. The number of hydrogen-bond acceptors (Lipinski definition) is 4. The first-order chi connectivity index (χ1) is 6.24. The summed E-state index contributed by atoms with van der Waals surface area (Å²) in [6.07, 6.45) is 2.91. The molecule has 0 aliphatic carbocycles. The maximum absolute atomic E-state index is 9.75. The van der Waals surface area contributed by atoms with Gasteiger partial charge in [0.15, 0.2) is 5.82 Å². The quantitative estimate of drug-likeness (QED) is 0.357. The number of H-pyrrole nitrogens is 1. The van der Waals surface area contributed by atoms with E-state index in [0.717, 1.165) is 6.42 Å². The molecule has 5 N–H and O–H groups in total. The predicted molar refractivity (Wildman–Crippen MR) is 46.7 cm³/mol. The fraction of sp³-hybridized carbons (Fsp3) is 0.429. The summed E-state index contributed by atoms with van der Waals surface area (Å²) >= 11 is 0. The van der Waals surface area contributed by atoms with E-state index in [1.807, 2.05) is 0 Å². The Morgan fingerprint density at radius 1 is 1.69 bits per heavy atom. The minimum Gasteiger partial charge on any atom is -0.491 e. The van der Waals surface area contributed by atoms with Gasteiger partial charge in [-0.15, -0.1) is 0 Å². The molecular formula is C7H11N4O2. The molecule has 1 amide bonds. The van der Waals surface area contributed by atoms with E-state index < -0.39 is 0 Å². The topological polar surface area (TPSA) is 104 Å². The molecule has 0 saturated heterocycles. The van der Waals surface area contributed by atoms with Gasteiger partial charge in [-0.05, 0) is 6.42 Å². The van der Waals surface area contributed by atoms with Crippen LogP contribution >= 0.6 is 0 Å². The molecule has 0 fully saturated rings. The number of imidazole rings is 1. The van der Waals surface area contributed by atoms with Gasteiger partial charge in [-0.3, -0.25) is 4.79 Å². The maximum atomic E-state index is 9.75. The molecule has 1 aromatic rings. The van der Waals surface area contributed by atoms with Crippen LogP contribution in [0.5, 0.6) is 5.88 Å². The average Bonchev–Trinajstić information content (AvgIpc) is 2.41. The summed E-state index contributed by atoms with van der Waals surface area (Å²) in [5.74, 6) is 0.609. The van der Waals surface area contributed by atoms with E-state index in [1.54, 1.807) is 6.41 Å². The van der Waals surface area contributed by atoms with Crippen LogP contribution in [0.3, 0.4) is 0 Å². The number of aryl methyl sites for hydroxylation is 1. The van der Waals surface area contributed by atoms with Gasteiger partial charge in [0.1, 0.15) is 5.82 Å². The highest BCUT2D eigenvalue weighted by Gasteiger charge is 2.04. The zero-order valence-electron chi connectivity index (χ0n) is 7.00. The summed E-state index contributed by atoms with van der Waals surface area (Å²) in [6, 6.07) is 0. The highest BCUT2D eigenvalue weighted by atomic mass is 16.3. The molecule has 0 bridgehead atoms. The Labute approximate surface area is 75.2 Å². The number of anilines is 1. The Balaban J connectivity index is 2.32. The number of amides is 1. The molecule has 6 heteroatoms. The molecule has 1 radical (unpaired) electrons. The summed E-state index contributed by atoms with van der Waals surface area (Å²) in [4.78, 5) is 16.2. The lowest BCUT2D eigenvalue weighted by atomic mass is 10.3. The van der Waals surface area contributed by atoms with Crippen molar-refractivity contribution in [1.29, 1.82) is 0 Å². The van der Waals surface area contributed by atoms with Gasteiger partial charge in [-0.2, -0.15) is 4.98 Å². The van der Waals surface area contributed by atoms with E-state index in [0.29, 0.717) is 18.8 Å². The molecule has 1 heterocycles. The van der Waals surface area contributed by atoms with Crippen LogP contribution in [0.1, 0.15) is 12.2 Å². The monoisotopic (exact) mass is 183 g/mol. The smallest absolute Gasteiger partial charge is 0.309 e. The third kappa shape index (κ3) is 2.66. The average molecular weight is 183 g/mol. The van der Waals surface area contributed by atoms with Crippen LogP contribution in [-0.2, 0) is 11.2 Å². The summed E-state index contributed by atoms with van der Waals surface area (Å²) in [6.45, 7) is 0.533. The van der Waals surface area contributed by atoms with Crippen LogP contribution in [0.4, 0.5) is 5.82 Å². The summed E-state index contributed by atoms with van der Waals surface area (Å²) in [7, 11) is 0. The first kappa shape index (κ1) is 9.37. The zero-order valence-corrected chi connectivity index (χ0v) is 7.00. The minimum absolute atomic E-state index is 0.171. The van der Waals surface area contributed by atoms with E-state index in [2.05, 4.69) is 15.3 Å². The van der Waals surface area contributed by atoms with Crippen LogP contribution in [0.25, 0.3) is 0 Å². The molecule has 0 aliphatic heterocycles. The van der Waals surface area contributed by atoms with Crippen molar-refractivity contribution in [1.82, 2.24) is 15.3 Å². The molecule has 0 aromatic carbocycles. The van der Waals surface area contributed by atoms with Gasteiger partial charge in [-0.25, -0.2) is 0 Å². The molecule has 0 aliphatic rings. The second-order valence-electron chi connectivity index (χ2n) is 2.55.